The number of ether oxygens (including phenoxy) is 1. The molecule has 4 rings (SSSR count). The van der Waals surface area contributed by atoms with E-state index in [1.807, 2.05) is 30.3 Å². The fraction of sp³-hybridized carbons (Fsp3) is 0.208. The Morgan fingerprint density at radius 2 is 1.80 bits per heavy atom. The molecule has 0 aromatic heterocycles. The van der Waals surface area contributed by atoms with Crippen LogP contribution in [0.2, 0.25) is 0 Å². The van der Waals surface area contributed by atoms with Crippen molar-refractivity contribution in [3.05, 3.63) is 90.0 Å². The van der Waals surface area contributed by atoms with Gasteiger partial charge in [0.25, 0.3) is 0 Å². The molecule has 1 aliphatic rings. The minimum absolute atomic E-state index is 0.269. The van der Waals surface area contributed by atoms with Gasteiger partial charge in [0.15, 0.2) is 0 Å². The summed E-state index contributed by atoms with van der Waals surface area (Å²) in [5, 5.41) is 0. The van der Waals surface area contributed by atoms with Crippen LogP contribution in [0, 0.1) is 11.6 Å². The third kappa shape index (κ3) is 3.78. The Labute approximate surface area is 173 Å². The monoisotopic (exact) mass is 408 g/mol. The van der Waals surface area contributed by atoms with E-state index in [1.165, 1.54) is 17.0 Å². The number of cyclic esters (lactones) is 1. The van der Waals surface area contributed by atoms with Gasteiger partial charge in [0, 0.05) is 36.7 Å². The number of halogens is 2. The maximum Gasteiger partial charge on any atom is 0.415 e. The lowest BCUT2D eigenvalue weighted by atomic mass is 9.85. The van der Waals surface area contributed by atoms with Gasteiger partial charge in [-0.25, -0.2) is 13.6 Å². The molecule has 0 radical (unpaired) electrons. The van der Waals surface area contributed by atoms with Gasteiger partial charge in [-0.05, 0) is 41.9 Å². The summed E-state index contributed by atoms with van der Waals surface area (Å²) in [6.07, 6.45) is 0.627. The first-order valence-electron chi connectivity index (χ1n) is 9.84. The van der Waals surface area contributed by atoms with Crippen LogP contribution in [0.15, 0.2) is 72.8 Å². The largest absolute Gasteiger partial charge is 0.438 e. The van der Waals surface area contributed by atoms with Gasteiger partial charge in [-0.3, -0.25) is 4.90 Å². The molecule has 1 amide bonds. The maximum atomic E-state index is 14.2. The van der Waals surface area contributed by atoms with E-state index >= 15 is 0 Å². The molecular weight excluding hydrogens is 386 g/mol. The number of amides is 1. The molecule has 0 bridgehead atoms. The molecule has 1 atom stereocenters. The molecule has 1 fully saturated rings. The summed E-state index contributed by atoms with van der Waals surface area (Å²) in [6, 6.07) is 20.0. The first kappa shape index (κ1) is 20.0. The molecule has 0 spiro atoms. The lowest BCUT2D eigenvalue weighted by Crippen LogP contribution is -2.49. The zero-order chi connectivity index (χ0) is 21.1. The molecule has 0 aliphatic carbocycles. The number of hydrogen-bond donors (Lipinski definition) is 1. The van der Waals surface area contributed by atoms with Gasteiger partial charge in [-0.1, -0.05) is 42.5 Å². The SMILES string of the molecule is NCC[C@]1(c2ccccc2)CCN(c2cccc(-c3ccc(F)cc3F)c2)C(=O)O1. The van der Waals surface area contributed by atoms with Crippen molar-refractivity contribution < 1.29 is 18.3 Å². The summed E-state index contributed by atoms with van der Waals surface area (Å²) in [4.78, 5) is 14.5. The number of carbonyl (C=O) groups excluding carboxylic acids is 1. The number of nitrogens with two attached hydrogens (primary N) is 1. The van der Waals surface area contributed by atoms with Crippen LogP contribution >= 0.6 is 0 Å². The molecule has 3 aromatic carbocycles. The average Bonchev–Trinajstić information content (AvgIpc) is 2.75. The van der Waals surface area contributed by atoms with Crippen LogP contribution in [-0.2, 0) is 10.3 Å². The second-order valence-electron chi connectivity index (χ2n) is 7.34. The molecular formula is C24H22F2N2O2. The van der Waals surface area contributed by atoms with Crippen molar-refractivity contribution in [2.45, 2.75) is 18.4 Å². The second kappa shape index (κ2) is 8.24. The lowest BCUT2D eigenvalue weighted by Gasteiger charge is -2.41. The van der Waals surface area contributed by atoms with Crippen molar-refractivity contribution >= 4 is 11.8 Å². The van der Waals surface area contributed by atoms with E-state index in [9.17, 15) is 13.6 Å². The lowest BCUT2D eigenvalue weighted by molar-refractivity contribution is -0.0138. The Balaban J connectivity index is 1.62. The summed E-state index contributed by atoms with van der Waals surface area (Å²) >= 11 is 0. The Kier molecular flexibility index (Phi) is 5.50. The highest BCUT2D eigenvalue weighted by atomic mass is 19.1. The van der Waals surface area contributed by atoms with Crippen LogP contribution < -0.4 is 10.6 Å². The molecule has 154 valence electrons. The van der Waals surface area contributed by atoms with Crippen LogP contribution in [0.4, 0.5) is 19.3 Å². The predicted molar refractivity (Wildman–Crippen MR) is 112 cm³/mol. The third-order valence-electron chi connectivity index (χ3n) is 5.49. The molecule has 1 aliphatic heterocycles. The van der Waals surface area contributed by atoms with Crippen molar-refractivity contribution in [1.82, 2.24) is 0 Å². The van der Waals surface area contributed by atoms with Crippen molar-refractivity contribution in [2.24, 2.45) is 5.73 Å². The number of anilines is 1. The number of nitrogens with zero attached hydrogens (tertiary/aromatic N) is 1. The van der Waals surface area contributed by atoms with Gasteiger partial charge < -0.3 is 10.5 Å². The number of rotatable bonds is 5. The van der Waals surface area contributed by atoms with Crippen molar-refractivity contribution in [1.29, 1.82) is 0 Å². The number of benzene rings is 3. The van der Waals surface area contributed by atoms with Crippen LogP contribution in [0.5, 0.6) is 0 Å². The van der Waals surface area contributed by atoms with E-state index in [-0.39, 0.29) is 5.56 Å². The first-order chi connectivity index (χ1) is 14.5. The van der Waals surface area contributed by atoms with Gasteiger partial charge >= 0.3 is 6.09 Å². The molecule has 1 saturated heterocycles. The minimum Gasteiger partial charge on any atom is -0.438 e. The highest BCUT2D eigenvalue weighted by Crippen LogP contribution is 2.39. The standard InChI is InChI=1S/C24H22F2N2O2/c25-19-9-10-21(22(26)16-19)17-5-4-8-20(15-17)28-14-12-24(11-13-27,30-23(28)29)18-6-2-1-3-7-18/h1-10,15-16H,11-14,27H2/t24-/m1/s1. The quantitative estimate of drug-likeness (QED) is 0.630. The fourth-order valence-electron chi connectivity index (χ4n) is 3.96. The summed E-state index contributed by atoms with van der Waals surface area (Å²) < 4.78 is 33.4. The van der Waals surface area contributed by atoms with Crippen molar-refractivity contribution in [3.63, 3.8) is 0 Å². The average molecular weight is 408 g/mol. The maximum absolute atomic E-state index is 14.2. The van der Waals surface area contributed by atoms with E-state index < -0.39 is 23.3 Å². The zero-order valence-electron chi connectivity index (χ0n) is 16.4. The molecule has 3 aromatic rings. The highest BCUT2D eigenvalue weighted by molar-refractivity contribution is 5.90. The van der Waals surface area contributed by atoms with Gasteiger partial charge in [0.2, 0.25) is 0 Å². The van der Waals surface area contributed by atoms with Crippen molar-refractivity contribution in [3.8, 4) is 11.1 Å². The predicted octanol–water partition coefficient (Wildman–Crippen LogP) is 5.22. The van der Waals surface area contributed by atoms with Crippen molar-refractivity contribution in [2.75, 3.05) is 18.0 Å². The first-order valence-corrected chi connectivity index (χ1v) is 9.84. The zero-order valence-corrected chi connectivity index (χ0v) is 16.4. The molecule has 6 heteroatoms. The van der Waals surface area contributed by atoms with E-state index in [2.05, 4.69) is 0 Å². The molecule has 30 heavy (non-hydrogen) atoms. The highest BCUT2D eigenvalue weighted by Gasteiger charge is 2.42. The van der Waals surface area contributed by atoms with Gasteiger partial charge in [-0.15, -0.1) is 0 Å². The fourth-order valence-corrected chi connectivity index (χ4v) is 3.96. The summed E-state index contributed by atoms with van der Waals surface area (Å²) in [5.74, 6) is -1.29. The Morgan fingerprint density at radius 3 is 2.50 bits per heavy atom. The number of hydrogen-bond acceptors (Lipinski definition) is 3. The molecule has 4 nitrogen and oxygen atoms in total. The van der Waals surface area contributed by atoms with Crippen LogP contribution in [-0.4, -0.2) is 19.2 Å². The minimum atomic E-state index is -0.760. The Hall–Kier alpha value is -3.25. The molecule has 1 heterocycles. The summed E-state index contributed by atoms with van der Waals surface area (Å²) in [6.45, 7) is 0.824. The second-order valence-corrected chi connectivity index (χ2v) is 7.34. The summed E-state index contributed by atoms with van der Waals surface area (Å²) in [5.41, 5.74) is 7.39. The van der Waals surface area contributed by atoms with E-state index in [1.54, 1.807) is 24.3 Å². The Morgan fingerprint density at radius 1 is 1.00 bits per heavy atom. The smallest absolute Gasteiger partial charge is 0.415 e. The molecule has 0 saturated carbocycles. The van der Waals surface area contributed by atoms with Crippen LogP contribution in [0.3, 0.4) is 0 Å². The van der Waals surface area contributed by atoms with Crippen LogP contribution in [0.25, 0.3) is 11.1 Å². The summed E-state index contributed by atoms with van der Waals surface area (Å²) in [7, 11) is 0. The van der Waals surface area contributed by atoms with Crippen LogP contribution in [0.1, 0.15) is 18.4 Å². The number of carbonyl (C=O) groups is 1. The third-order valence-corrected chi connectivity index (χ3v) is 5.49. The molecule has 0 unspecified atom stereocenters. The molecule has 2 N–H and O–H groups in total. The normalized spacial score (nSPS) is 18.9. The van der Waals surface area contributed by atoms with E-state index in [4.69, 9.17) is 10.5 Å². The van der Waals surface area contributed by atoms with E-state index in [0.29, 0.717) is 37.2 Å². The Bertz CT molecular complexity index is 1060. The van der Waals surface area contributed by atoms with Gasteiger partial charge in [-0.2, -0.15) is 0 Å². The van der Waals surface area contributed by atoms with E-state index in [0.717, 1.165) is 11.6 Å². The van der Waals surface area contributed by atoms with Gasteiger partial charge in [0.05, 0.1) is 0 Å². The topological polar surface area (TPSA) is 55.6 Å². The van der Waals surface area contributed by atoms with Gasteiger partial charge in [0.1, 0.15) is 17.2 Å².